The highest BCUT2D eigenvalue weighted by molar-refractivity contribution is 6.04. The van der Waals surface area contributed by atoms with Crippen LogP contribution in [-0.2, 0) is 4.79 Å². The molecule has 0 aliphatic carbocycles. The van der Waals surface area contributed by atoms with Crippen LogP contribution < -0.4 is 15.8 Å². The molecule has 2 aromatic carbocycles. The summed E-state index contributed by atoms with van der Waals surface area (Å²) >= 11 is 0. The SMILES string of the molecule is CC(C)Oc1ccc(/C=C(/NC(=O)c2ccccc2)C(N)=O)cc1. The first-order chi connectivity index (χ1) is 11.5. The fourth-order valence-electron chi connectivity index (χ4n) is 2.03. The van der Waals surface area contributed by atoms with E-state index in [9.17, 15) is 9.59 Å². The Morgan fingerprint density at radius 1 is 1.04 bits per heavy atom. The van der Waals surface area contributed by atoms with Crippen LogP contribution in [0.15, 0.2) is 60.3 Å². The largest absolute Gasteiger partial charge is 0.491 e. The second-order valence-electron chi connectivity index (χ2n) is 5.48. The van der Waals surface area contributed by atoms with Gasteiger partial charge < -0.3 is 15.8 Å². The summed E-state index contributed by atoms with van der Waals surface area (Å²) in [6.07, 6.45) is 1.61. The van der Waals surface area contributed by atoms with Crippen molar-refractivity contribution in [2.45, 2.75) is 20.0 Å². The molecule has 124 valence electrons. The lowest BCUT2D eigenvalue weighted by Gasteiger charge is -2.10. The van der Waals surface area contributed by atoms with E-state index in [1.165, 1.54) is 6.08 Å². The Balaban J connectivity index is 2.16. The standard InChI is InChI=1S/C19H20N2O3/c1-13(2)24-16-10-8-14(9-11-16)12-17(18(20)22)21-19(23)15-6-4-3-5-7-15/h3-13H,1-2H3,(H2,20,22)(H,21,23)/b17-12+. The third-order valence-electron chi connectivity index (χ3n) is 3.11. The average Bonchev–Trinajstić information content (AvgIpc) is 2.56. The van der Waals surface area contributed by atoms with E-state index in [0.717, 1.165) is 11.3 Å². The van der Waals surface area contributed by atoms with E-state index in [4.69, 9.17) is 10.5 Å². The first-order valence-corrected chi connectivity index (χ1v) is 7.60. The second-order valence-corrected chi connectivity index (χ2v) is 5.48. The van der Waals surface area contributed by atoms with Crippen LogP contribution in [0.2, 0.25) is 0 Å². The number of carbonyl (C=O) groups excluding carboxylic acids is 2. The zero-order valence-corrected chi connectivity index (χ0v) is 13.7. The van der Waals surface area contributed by atoms with E-state index in [2.05, 4.69) is 5.32 Å². The Kier molecular flexibility index (Phi) is 5.73. The molecular formula is C19H20N2O3. The summed E-state index contributed by atoms with van der Waals surface area (Å²) in [4.78, 5) is 23.7. The topological polar surface area (TPSA) is 81.4 Å². The molecule has 0 aliphatic rings. The smallest absolute Gasteiger partial charge is 0.265 e. The summed E-state index contributed by atoms with van der Waals surface area (Å²) in [5.41, 5.74) is 6.57. The molecule has 24 heavy (non-hydrogen) atoms. The molecule has 0 heterocycles. The van der Waals surface area contributed by atoms with Crippen LogP contribution in [0.1, 0.15) is 29.8 Å². The van der Waals surface area contributed by atoms with Gasteiger partial charge in [-0.25, -0.2) is 0 Å². The van der Waals surface area contributed by atoms with Crippen LogP contribution in [0.4, 0.5) is 0 Å². The van der Waals surface area contributed by atoms with Gasteiger partial charge in [0.25, 0.3) is 11.8 Å². The molecule has 0 unspecified atom stereocenters. The highest BCUT2D eigenvalue weighted by Gasteiger charge is 2.11. The number of hydrogen-bond acceptors (Lipinski definition) is 3. The van der Waals surface area contributed by atoms with Crippen LogP contribution in [0, 0.1) is 0 Å². The van der Waals surface area contributed by atoms with Crippen molar-refractivity contribution >= 4 is 17.9 Å². The molecule has 0 fully saturated rings. The summed E-state index contributed by atoms with van der Waals surface area (Å²) in [5, 5.41) is 2.54. The van der Waals surface area contributed by atoms with Crippen LogP contribution in [0.25, 0.3) is 6.08 Å². The molecule has 0 bridgehead atoms. The van der Waals surface area contributed by atoms with E-state index >= 15 is 0 Å². The van der Waals surface area contributed by atoms with Crippen molar-refractivity contribution in [2.75, 3.05) is 0 Å². The maximum atomic E-state index is 12.1. The third kappa shape index (κ3) is 4.98. The minimum absolute atomic E-state index is 0.0291. The van der Waals surface area contributed by atoms with E-state index in [1.807, 2.05) is 19.9 Å². The van der Waals surface area contributed by atoms with Gasteiger partial charge in [0.15, 0.2) is 0 Å². The summed E-state index contributed by atoms with van der Waals surface area (Å²) in [6.45, 7) is 3.89. The number of nitrogens with two attached hydrogens (primary N) is 1. The Hall–Kier alpha value is -3.08. The number of benzene rings is 2. The quantitative estimate of drug-likeness (QED) is 0.802. The summed E-state index contributed by atoms with van der Waals surface area (Å²) in [6, 6.07) is 15.8. The summed E-state index contributed by atoms with van der Waals surface area (Å²) < 4.78 is 5.56. The third-order valence-corrected chi connectivity index (χ3v) is 3.11. The fourth-order valence-corrected chi connectivity index (χ4v) is 2.03. The molecule has 0 aromatic heterocycles. The lowest BCUT2D eigenvalue weighted by molar-refractivity contribution is -0.114. The van der Waals surface area contributed by atoms with Gasteiger partial charge in [-0.2, -0.15) is 0 Å². The highest BCUT2D eigenvalue weighted by atomic mass is 16.5. The van der Waals surface area contributed by atoms with Crippen molar-refractivity contribution in [1.29, 1.82) is 0 Å². The van der Waals surface area contributed by atoms with Crippen LogP contribution in [0.5, 0.6) is 5.75 Å². The number of amides is 2. The number of carbonyl (C=O) groups is 2. The molecule has 3 N–H and O–H groups in total. The van der Waals surface area contributed by atoms with Gasteiger partial charge in [0, 0.05) is 5.56 Å². The lowest BCUT2D eigenvalue weighted by atomic mass is 10.1. The first kappa shape index (κ1) is 17.3. The summed E-state index contributed by atoms with van der Waals surface area (Å²) in [5.74, 6) is -0.363. The minimum atomic E-state index is -0.707. The van der Waals surface area contributed by atoms with Crippen molar-refractivity contribution in [2.24, 2.45) is 5.73 Å². The summed E-state index contributed by atoms with van der Waals surface area (Å²) in [7, 11) is 0. The number of hydrogen-bond donors (Lipinski definition) is 2. The van der Waals surface area contributed by atoms with Crippen molar-refractivity contribution in [1.82, 2.24) is 5.32 Å². The molecule has 5 heteroatoms. The van der Waals surface area contributed by atoms with Gasteiger partial charge in [-0.1, -0.05) is 30.3 Å². The van der Waals surface area contributed by atoms with Crippen LogP contribution in [0.3, 0.4) is 0 Å². The van der Waals surface area contributed by atoms with Crippen LogP contribution in [-0.4, -0.2) is 17.9 Å². The van der Waals surface area contributed by atoms with Gasteiger partial charge in [0.1, 0.15) is 11.4 Å². The number of rotatable bonds is 6. The van der Waals surface area contributed by atoms with Crippen LogP contribution >= 0.6 is 0 Å². The molecule has 0 spiro atoms. The average molecular weight is 324 g/mol. The first-order valence-electron chi connectivity index (χ1n) is 7.60. The molecule has 2 amide bonds. The zero-order chi connectivity index (χ0) is 17.5. The lowest BCUT2D eigenvalue weighted by Crippen LogP contribution is -2.31. The second kappa shape index (κ2) is 7.97. The van der Waals surface area contributed by atoms with Gasteiger partial charge in [0.05, 0.1) is 6.10 Å². The van der Waals surface area contributed by atoms with E-state index < -0.39 is 5.91 Å². The Bertz CT molecular complexity index is 735. The number of ether oxygens (including phenoxy) is 1. The van der Waals surface area contributed by atoms with Gasteiger partial charge >= 0.3 is 0 Å². The van der Waals surface area contributed by atoms with Crippen molar-refractivity contribution in [3.63, 3.8) is 0 Å². The van der Waals surface area contributed by atoms with Gasteiger partial charge in [0.2, 0.25) is 0 Å². The minimum Gasteiger partial charge on any atom is -0.491 e. The molecule has 2 rings (SSSR count). The predicted molar refractivity (Wildman–Crippen MR) is 93.3 cm³/mol. The fraction of sp³-hybridized carbons (Fsp3) is 0.158. The molecular weight excluding hydrogens is 304 g/mol. The molecule has 0 saturated heterocycles. The molecule has 0 atom stereocenters. The molecule has 0 radical (unpaired) electrons. The van der Waals surface area contributed by atoms with Crippen molar-refractivity contribution < 1.29 is 14.3 Å². The maximum absolute atomic E-state index is 12.1. The Morgan fingerprint density at radius 2 is 1.67 bits per heavy atom. The molecule has 0 aliphatic heterocycles. The molecule has 2 aromatic rings. The highest BCUT2D eigenvalue weighted by Crippen LogP contribution is 2.15. The Labute approximate surface area is 141 Å². The van der Waals surface area contributed by atoms with Gasteiger partial charge in [-0.05, 0) is 49.8 Å². The normalized spacial score (nSPS) is 11.2. The monoisotopic (exact) mass is 324 g/mol. The zero-order valence-electron chi connectivity index (χ0n) is 13.7. The number of nitrogens with one attached hydrogen (secondary N) is 1. The Morgan fingerprint density at radius 3 is 2.21 bits per heavy atom. The number of primary amides is 1. The van der Waals surface area contributed by atoms with Gasteiger partial charge in [-0.15, -0.1) is 0 Å². The van der Waals surface area contributed by atoms with Gasteiger partial charge in [-0.3, -0.25) is 9.59 Å². The molecule has 0 saturated carbocycles. The maximum Gasteiger partial charge on any atom is 0.265 e. The molecule has 5 nitrogen and oxygen atoms in total. The van der Waals surface area contributed by atoms with Crippen molar-refractivity contribution in [3.05, 3.63) is 71.4 Å². The van der Waals surface area contributed by atoms with E-state index in [0.29, 0.717) is 5.56 Å². The predicted octanol–water partition coefficient (Wildman–Crippen LogP) is 2.73. The van der Waals surface area contributed by atoms with E-state index in [1.54, 1.807) is 48.5 Å². The van der Waals surface area contributed by atoms with Crippen molar-refractivity contribution in [3.8, 4) is 5.75 Å². The van der Waals surface area contributed by atoms with E-state index in [-0.39, 0.29) is 17.7 Å².